The fourth-order valence-corrected chi connectivity index (χ4v) is 8.29. The zero-order chi connectivity index (χ0) is 52.1. The van der Waals surface area contributed by atoms with Crippen LogP contribution in [0.3, 0.4) is 0 Å². The van der Waals surface area contributed by atoms with E-state index in [4.69, 9.17) is 28.4 Å². The highest BCUT2D eigenvalue weighted by molar-refractivity contribution is 5.81. The van der Waals surface area contributed by atoms with E-state index in [9.17, 15) is 33.9 Å². The van der Waals surface area contributed by atoms with Crippen LogP contribution in [0.4, 0.5) is 4.79 Å². The van der Waals surface area contributed by atoms with Crippen molar-refractivity contribution in [3.63, 3.8) is 0 Å². The minimum absolute atomic E-state index is 0.0372. The second-order valence-corrected chi connectivity index (χ2v) is 19.3. The van der Waals surface area contributed by atoms with Crippen molar-refractivity contribution >= 4 is 35.8 Å². The maximum atomic E-state index is 12.6. The van der Waals surface area contributed by atoms with Gasteiger partial charge in [0.1, 0.15) is 31.5 Å². The normalized spacial score (nSPS) is 12.4. The van der Waals surface area contributed by atoms with Crippen LogP contribution < -0.4 is 21.3 Å². The number of carboxylic acids is 1. The van der Waals surface area contributed by atoms with Gasteiger partial charge in [0.2, 0.25) is 17.7 Å². The number of esters is 1. The number of carbonyl (C=O) groups is 6. The number of carboxylic acid groups (broad SMARTS) is 1. The maximum Gasteiger partial charge on any atom is 0.407 e. The lowest BCUT2D eigenvalue weighted by Crippen LogP contribution is -2.41. The zero-order valence-electron chi connectivity index (χ0n) is 43.5. The average molecular weight is 1010 g/mol. The third kappa shape index (κ3) is 28.8. The van der Waals surface area contributed by atoms with Crippen LogP contribution in [0, 0.1) is 0 Å². The Morgan fingerprint density at radius 1 is 0.528 bits per heavy atom. The van der Waals surface area contributed by atoms with Crippen molar-refractivity contribution in [2.75, 3.05) is 79.1 Å². The molecule has 17 heteroatoms. The van der Waals surface area contributed by atoms with Gasteiger partial charge in [-0.3, -0.25) is 19.2 Å². The smallest absolute Gasteiger partial charge is 0.407 e. The number of amides is 4. The van der Waals surface area contributed by atoms with Gasteiger partial charge in [-0.2, -0.15) is 0 Å². The first-order valence-corrected chi connectivity index (χ1v) is 26.5. The van der Waals surface area contributed by atoms with E-state index in [1.165, 1.54) is 57.8 Å². The molecule has 1 aliphatic rings. The number of ether oxygens (including phenoxy) is 6. The number of aliphatic carboxylic acids is 1. The number of unbranched alkanes of at least 4 members (excludes halogenated alkanes) is 14. The van der Waals surface area contributed by atoms with E-state index in [0.717, 1.165) is 54.4 Å². The molecule has 3 rings (SSSR count). The number of hydrogen-bond donors (Lipinski definition) is 5. The Kier molecular flexibility index (Phi) is 32.0. The highest BCUT2D eigenvalue weighted by Crippen LogP contribution is 2.44. The number of rotatable bonds is 42. The van der Waals surface area contributed by atoms with Gasteiger partial charge in [0.05, 0.1) is 39.6 Å². The lowest BCUT2D eigenvalue weighted by atomic mass is 9.98. The molecule has 404 valence electrons. The molecule has 0 aliphatic heterocycles. The van der Waals surface area contributed by atoms with E-state index in [2.05, 4.69) is 21.3 Å². The van der Waals surface area contributed by atoms with Gasteiger partial charge in [0.25, 0.3) is 0 Å². The molecule has 0 saturated carbocycles. The highest BCUT2D eigenvalue weighted by atomic mass is 16.6. The number of benzene rings is 2. The SMILES string of the molecule is CC(C)(C)OC(=O)CCCCCCCCCCCCCCCCC(=O)NCCOCCOCC(=O)NCCOCCOCC(=O)NCCCC[C@@H](NC(=O)OCC1c2ccccc2-c2ccccc21)C(=O)O. The second kappa shape index (κ2) is 37.6. The summed E-state index contributed by atoms with van der Waals surface area (Å²) in [4.78, 5) is 72.4. The number of fused-ring (bicyclic) bond motifs is 3. The topological polar surface area (TPSA) is 226 Å². The van der Waals surface area contributed by atoms with E-state index in [0.29, 0.717) is 52.0 Å². The molecule has 17 nitrogen and oxygen atoms in total. The van der Waals surface area contributed by atoms with Gasteiger partial charge in [-0.15, -0.1) is 0 Å². The third-order valence-electron chi connectivity index (χ3n) is 12.0. The Labute approximate surface area is 428 Å². The predicted octanol–water partition coefficient (Wildman–Crippen LogP) is 8.15. The standard InChI is InChI=1S/C55H86N4O13/c1-55(2,3)72-52(63)30-17-15-13-11-9-7-5-4-6-8-10-12-14-16-29-49(60)57-32-34-67-36-39-70-42-51(62)58-33-35-68-37-38-69-41-50(61)56-31-23-22-28-48(53(64)65)59-54(66)71-40-47-45-26-20-18-24-43(45)44-25-19-21-27-46(44)47/h18-21,24-27,47-48H,4-17,22-23,28-42H2,1-3H3,(H,56,61)(H,57,60)(H,58,62)(H,59,66)(H,64,65)/t48-/m1/s1. The van der Waals surface area contributed by atoms with Gasteiger partial charge in [-0.1, -0.05) is 126 Å². The summed E-state index contributed by atoms with van der Waals surface area (Å²) in [5.74, 6) is -1.95. The Balaban J connectivity index is 1.00. The van der Waals surface area contributed by atoms with E-state index >= 15 is 0 Å². The molecule has 0 spiro atoms. The van der Waals surface area contributed by atoms with Crippen molar-refractivity contribution in [3.05, 3.63) is 59.7 Å². The maximum absolute atomic E-state index is 12.6. The summed E-state index contributed by atoms with van der Waals surface area (Å²) in [5.41, 5.74) is 3.93. The molecular formula is C55H86N4O13. The first-order chi connectivity index (χ1) is 34.8. The largest absolute Gasteiger partial charge is 0.480 e. The Morgan fingerprint density at radius 3 is 1.47 bits per heavy atom. The van der Waals surface area contributed by atoms with Crippen LogP contribution in [0.5, 0.6) is 0 Å². The fourth-order valence-electron chi connectivity index (χ4n) is 8.29. The quantitative estimate of drug-likeness (QED) is 0.0313. The summed E-state index contributed by atoms with van der Waals surface area (Å²) in [6.07, 6.45) is 17.8. The molecule has 0 heterocycles. The molecule has 0 aromatic heterocycles. The van der Waals surface area contributed by atoms with Gasteiger partial charge in [-0.05, 0) is 75.1 Å². The molecule has 1 aliphatic carbocycles. The van der Waals surface area contributed by atoms with Crippen LogP contribution in [0.15, 0.2) is 48.5 Å². The van der Waals surface area contributed by atoms with Crippen molar-refractivity contribution < 1.29 is 62.3 Å². The molecule has 2 aromatic rings. The molecule has 5 N–H and O–H groups in total. The summed E-state index contributed by atoms with van der Waals surface area (Å²) >= 11 is 0. The minimum Gasteiger partial charge on any atom is -0.480 e. The first kappa shape index (κ1) is 61.2. The molecule has 72 heavy (non-hydrogen) atoms. The van der Waals surface area contributed by atoms with Crippen molar-refractivity contribution in [1.29, 1.82) is 0 Å². The Bertz CT molecular complexity index is 1830. The molecule has 0 unspecified atom stereocenters. The van der Waals surface area contributed by atoms with E-state index in [1.54, 1.807) is 0 Å². The average Bonchev–Trinajstić information content (AvgIpc) is 3.66. The monoisotopic (exact) mass is 1010 g/mol. The fraction of sp³-hybridized carbons (Fsp3) is 0.673. The van der Waals surface area contributed by atoms with Gasteiger partial charge in [-0.25, -0.2) is 9.59 Å². The Hall–Kier alpha value is -5.10. The molecule has 0 radical (unpaired) electrons. The molecule has 4 amide bonds. The van der Waals surface area contributed by atoms with Gasteiger partial charge < -0.3 is 54.8 Å². The summed E-state index contributed by atoms with van der Waals surface area (Å²) < 4.78 is 32.5. The summed E-state index contributed by atoms with van der Waals surface area (Å²) in [5, 5.41) is 20.4. The van der Waals surface area contributed by atoms with Crippen LogP contribution in [-0.4, -0.2) is 132 Å². The lowest BCUT2D eigenvalue weighted by Gasteiger charge is -2.19. The van der Waals surface area contributed by atoms with Crippen molar-refractivity contribution in [3.8, 4) is 11.1 Å². The van der Waals surface area contributed by atoms with Crippen LogP contribution in [-0.2, 0) is 52.4 Å². The highest BCUT2D eigenvalue weighted by Gasteiger charge is 2.30. The van der Waals surface area contributed by atoms with Crippen molar-refractivity contribution in [2.45, 2.75) is 160 Å². The lowest BCUT2D eigenvalue weighted by molar-refractivity contribution is -0.155. The third-order valence-corrected chi connectivity index (χ3v) is 12.0. The zero-order valence-corrected chi connectivity index (χ0v) is 43.5. The van der Waals surface area contributed by atoms with E-state index < -0.39 is 23.7 Å². The summed E-state index contributed by atoms with van der Waals surface area (Å²) in [6, 6.07) is 14.8. The second-order valence-electron chi connectivity index (χ2n) is 19.3. The molecule has 1 atom stereocenters. The van der Waals surface area contributed by atoms with E-state index in [1.807, 2.05) is 69.3 Å². The van der Waals surface area contributed by atoms with Crippen LogP contribution in [0.1, 0.15) is 160 Å². The first-order valence-electron chi connectivity index (χ1n) is 26.5. The van der Waals surface area contributed by atoms with Crippen molar-refractivity contribution in [1.82, 2.24) is 21.3 Å². The van der Waals surface area contributed by atoms with Crippen LogP contribution in [0.25, 0.3) is 11.1 Å². The number of alkyl carbamates (subject to hydrolysis) is 1. The summed E-state index contributed by atoms with van der Waals surface area (Å²) in [7, 11) is 0. The van der Waals surface area contributed by atoms with Gasteiger partial charge >= 0.3 is 18.0 Å². The number of nitrogens with one attached hydrogen (secondary N) is 4. The molecule has 0 saturated heterocycles. The van der Waals surface area contributed by atoms with Crippen LogP contribution >= 0.6 is 0 Å². The van der Waals surface area contributed by atoms with Gasteiger partial charge in [0, 0.05) is 38.4 Å². The number of carbonyl (C=O) groups excluding carboxylic acids is 5. The van der Waals surface area contributed by atoms with Crippen LogP contribution in [0.2, 0.25) is 0 Å². The summed E-state index contributed by atoms with van der Waals surface area (Å²) in [6.45, 7) is 8.15. The molecular weight excluding hydrogens is 925 g/mol. The van der Waals surface area contributed by atoms with Gasteiger partial charge in [0.15, 0.2) is 0 Å². The molecule has 0 bridgehead atoms. The number of hydrogen-bond acceptors (Lipinski definition) is 12. The van der Waals surface area contributed by atoms with Crippen molar-refractivity contribution in [2.24, 2.45) is 0 Å². The van der Waals surface area contributed by atoms with E-state index in [-0.39, 0.29) is 88.8 Å². The Morgan fingerprint density at radius 2 is 0.972 bits per heavy atom. The minimum atomic E-state index is -1.16. The predicted molar refractivity (Wildman–Crippen MR) is 276 cm³/mol. The molecule has 0 fully saturated rings. The molecule has 2 aromatic carbocycles.